The Balaban J connectivity index is 2.04. The lowest BCUT2D eigenvalue weighted by atomic mass is 10.1. The van der Waals surface area contributed by atoms with Gasteiger partial charge in [-0.15, -0.1) is 0 Å². The Kier molecular flexibility index (Phi) is 7.54. The van der Waals surface area contributed by atoms with Crippen LogP contribution in [0.1, 0.15) is 12.0 Å². The van der Waals surface area contributed by atoms with Crippen molar-refractivity contribution in [2.75, 3.05) is 34.2 Å². The van der Waals surface area contributed by atoms with Gasteiger partial charge in [0.1, 0.15) is 5.75 Å². The van der Waals surface area contributed by atoms with E-state index in [2.05, 4.69) is 15.0 Å². The Morgan fingerprint density at radius 3 is 2.44 bits per heavy atom. The number of ether oxygens (including phenoxy) is 4. The summed E-state index contributed by atoms with van der Waals surface area (Å²) in [5.74, 6) is 1.57. The predicted octanol–water partition coefficient (Wildman–Crippen LogP) is 1.88. The summed E-state index contributed by atoms with van der Waals surface area (Å²) in [6, 6.07) is 3.22. The maximum Gasteiger partial charge on any atom is 0.307 e. The highest BCUT2D eigenvalue weighted by molar-refractivity contribution is 8.14. The molecule has 27 heavy (non-hydrogen) atoms. The van der Waals surface area contributed by atoms with Crippen LogP contribution in [0.25, 0.3) is 6.08 Å². The van der Waals surface area contributed by atoms with Crippen molar-refractivity contribution in [1.29, 1.82) is 0 Å². The lowest BCUT2D eigenvalue weighted by Crippen LogP contribution is -2.25. The topological polar surface area (TPSA) is 95.5 Å². The quantitative estimate of drug-likeness (QED) is 0.557. The van der Waals surface area contributed by atoms with Crippen molar-refractivity contribution < 1.29 is 28.5 Å². The van der Waals surface area contributed by atoms with Crippen LogP contribution in [0.5, 0.6) is 17.2 Å². The number of methoxy groups -OCH3 is 4. The van der Waals surface area contributed by atoms with Gasteiger partial charge in [-0.2, -0.15) is 0 Å². The number of benzene rings is 1. The monoisotopic (exact) mass is 394 g/mol. The average molecular weight is 394 g/mol. The van der Waals surface area contributed by atoms with Gasteiger partial charge in [0.2, 0.25) is 5.91 Å². The molecule has 1 aromatic carbocycles. The molecule has 1 N–H and O–H groups in total. The Morgan fingerprint density at radius 1 is 1.15 bits per heavy atom. The predicted molar refractivity (Wildman–Crippen MR) is 104 cm³/mol. The smallest absolute Gasteiger partial charge is 0.307 e. The van der Waals surface area contributed by atoms with Gasteiger partial charge in [0.15, 0.2) is 16.7 Å². The van der Waals surface area contributed by atoms with Gasteiger partial charge in [-0.25, -0.2) is 0 Å². The second-order valence-electron chi connectivity index (χ2n) is 5.45. The fraction of sp³-hybridized carbons (Fsp3) is 0.389. The van der Waals surface area contributed by atoms with Gasteiger partial charge in [-0.05, 0) is 12.1 Å². The molecule has 146 valence electrons. The zero-order valence-electron chi connectivity index (χ0n) is 15.6. The number of hydrogen-bond donors (Lipinski definition) is 1. The van der Waals surface area contributed by atoms with Crippen LogP contribution in [0.2, 0.25) is 0 Å². The van der Waals surface area contributed by atoms with E-state index < -0.39 is 0 Å². The Hall–Kier alpha value is -2.68. The molecule has 1 aliphatic rings. The van der Waals surface area contributed by atoms with Gasteiger partial charge in [0, 0.05) is 23.5 Å². The highest BCUT2D eigenvalue weighted by Crippen LogP contribution is 2.35. The number of amidine groups is 1. The van der Waals surface area contributed by atoms with Gasteiger partial charge in [0.25, 0.3) is 0 Å². The molecule has 0 fully saturated rings. The third-order valence-corrected chi connectivity index (χ3v) is 4.75. The SMILES string of the molecule is COC(=O)CC1CSC(NC(=O)/C=C/c2cc(OC)c(OC)cc2OC)=N1. The van der Waals surface area contributed by atoms with Gasteiger partial charge in [0.05, 0.1) is 40.9 Å². The number of amides is 1. The first-order valence-corrected chi connectivity index (χ1v) is 9.05. The second kappa shape index (κ2) is 9.86. The number of carbonyl (C=O) groups excluding carboxylic acids is 2. The van der Waals surface area contributed by atoms with Gasteiger partial charge >= 0.3 is 5.97 Å². The third kappa shape index (κ3) is 5.65. The van der Waals surface area contributed by atoms with E-state index in [0.29, 0.717) is 33.7 Å². The zero-order chi connectivity index (χ0) is 19.8. The highest BCUT2D eigenvalue weighted by atomic mass is 32.2. The summed E-state index contributed by atoms with van der Waals surface area (Å²) in [5, 5.41) is 3.18. The van der Waals surface area contributed by atoms with Crippen LogP contribution in [0.4, 0.5) is 0 Å². The molecule has 0 radical (unpaired) electrons. The van der Waals surface area contributed by atoms with E-state index in [1.165, 1.54) is 46.3 Å². The maximum absolute atomic E-state index is 12.2. The summed E-state index contributed by atoms with van der Waals surface area (Å²) in [7, 11) is 5.94. The molecule has 1 heterocycles. The van der Waals surface area contributed by atoms with Gasteiger partial charge in [-0.1, -0.05) is 11.8 Å². The van der Waals surface area contributed by atoms with E-state index >= 15 is 0 Å². The highest BCUT2D eigenvalue weighted by Gasteiger charge is 2.22. The van der Waals surface area contributed by atoms with Crippen LogP contribution >= 0.6 is 11.8 Å². The number of nitrogens with zero attached hydrogens (tertiary/aromatic N) is 1. The third-order valence-electron chi connectivity index (χ3n) is 3.72. The molecule has 0 aromatic heterocycles. The molecule has 0 saturated heterocycles. The standard InChI is InChI=1S/C18H22N2O6S/c1-23-13-9-15(25-3)14(24-2)7-11(13)5-6-16(21)20-18-19-12(10-27-18)8-17(22)26-4/h5-7,9,12H,8,10H2,1-4H3,(H,19,20,21)/b6-5+. The second-order valence-corrected chi connectivity index (χ2v) is 6.46. The molecule has 9 heteroatoms. The number of esters is 1. The van der Waals surface area contributed by atoms with Crippen LogP contribution in [-0.2, 0) is 14.3 Å². The van der Waals surface area contributed by atoms with Crippen molar-refractivity contribution in [3.63, 3.8) is 0 Å². The van der Waals surface area contributed by atoms with Gasteiger partial charge < -0.3 is 24.3 Å². The van der Waals surface area contributed by atoms with Crippen molar-refractivity contribution in [3.05, 3.63) is 23.8 Å². The van der Waals surface area contributed by atoms with Crippen molar-refractivity contribution >= 4 is 34.9 Å². The molecule has 1 aromatic rings. The molecule has 1 atom stereocenters. The van der Waals surface area contributed by atoms with E-state index in [9.17, 15) is 9.59 Å². The lowest BCUT2D eigenvalue weighted by Gasteiger charge is -2.12. The first-order valence-electron chi connectivity index (χ1n) is 8.07. The number of thioether (sulfide) groups is 1. The summed E-state index contributed by atoms with van der Waals surface area (Å²) in [4.78, 5) is 27.7. The fourth-order valence-electron chi connectivity index (χ4n) is 2.36. The van der Waals surface area contributed by atoms with Crippen molar-refractivity contribution in [3.8, 4) is 17.2 Å². The van der Waals surface area contributed by atoms with Crippen LogP contribution < -0.4 is 19.5 Å². The van der Waals surface area contributed by atoms with Crippen molar-refractivity contribution in [2.24, 2.45) is 4.99 Å². The minimum Gasteiger partial charge on any atom is -0.496 e. The van der Waals surface area contributed by atoms with E-state index in [-0.39, 0.29) is 24.3 Å². The molecule has 0 bridgehead atoms. The first-order chi connectivity index (χ1) is 13.0. The summed E-state index contributed by atoms with van der Waals surface area (Å²) >= 11 is 1.39. The Labute approximate surface area is 161 Å². The molecule has 1 aliphatic heterocycles. The molecule has 2 rings (SSSR count). The molecule has 1 amide bonds. The van der Waals surface area contributed by atoms with Crippen LogP contribution in [0.15, 0.2) is 23.2 Å². The molecule has 0 aliphatic carbocycles. The summed E-state index contributed by atoms with van der Waals surface area (Å²) in [6.07, 6.45) is 3.18. The number of aliphatic imine (C=N–C) groups is 1. The summed E-state index contributed by atoms with van der Waals surface area (Å²) in [5.41, 5.74) is 0.662. The zero-order valence-corrected chi connectivity index (χ0v) is 16.4. The number of carbonyl (C=O) groups is 2. The van der Waals surface area contributed by atoms with Gasteiger partial charge in [-0.3, -0.25) is 14.6 Å². The number of nitrogens with one attached hydrogen (secondary N) is 1. The number of hydrogen-bond acceptors (Lipinski definition) is 8. The molecule has 1 unspecified atom stereocenters. The van der Waals surface area contributed by atoms with E-state index in [0.717, 1.165) is 0 Å². The first kappa shape index (κ1) is 20.6. The largest absolute Gasteiger partial charge is 0.496 e. The average Bonchev–Trinajstić information content (AvgIpc) is 3.11. The van der Waals surface area contributed by atoms with E-state index in [4.69, 9.17) is 14.2 Å². The minimum atomic E-state index is -0.336. The molecular formula is C18H22N2O6S. The van der Waals surface area contributed by atoms with Crippen LogP contribution in [0, 0.1) is 0 Å². The fourth-order valence-corrected chi connectivity index (χ4v) is 3.30. The van der Waals surface area contributed by atoms with E-state index in [1.807, 2.05) is 0 Å². The van der Waals surface area contributed by atoms with E-state index in [1.54, 1.807) is 18.2 Å². The number of rotatable bonds is 7. The Bertz CT molecular complexity index is 762. The van der Waals surface area contributed by atoms with Crippen LogP contribution in [0.3, 0.4) is 0 Å². The maximum atomic E-state index is 12.2. The molecule has 8 nitrogen and oxygen atoms in total. The minimum absolute atomic E-state index is 0.187. The van der Waals surface area contributed by atoms with Crippen molar-refractivity contribution in [2.45, 2.75) is 12.5 Å². The summed E-state index contributed by atoms with van der Waals surface area (Å²) in [6.45, 7) is 0. The summed E-state index contributed by atoms with van der Waals surface area (Å²) < 4.78 is 20.5. The van der Waals surface area contributed by atoms with Crippen molar-refractivity contribution in [1.82, 2.24) is 5.32 Å². The molecular weight excluding hydrogens is 372 g/mol. The normalized spacial score (nSPS) is 16.0. The lowest BCUT2D eigenvalue weighted by molar-refractivity contribution is -0.140. The molecule has 0 spiro atoms. The van der Waals surface area contributed by atoms with Crippen LogP contribution in [-0.4, -0.2) is 57.3 Å². The molecule has 0 saturated carbocycles. The Morgan fingerprint density at radius 2 is 1.81 bits per heavy atom.